The van der Waals surface area contributed by atoms with Crippen molar-refractivity contribution in [2.75, 3.05) is 0 Å². The SMILES string of the molecule is O=C(O)C(O)=CC(=O)c1ccc(Cc2ccccc2F)s1. The number of hydrogen-bond acceptors (Lipinski definition) is 4. The molecule has 2 N–H and O–H groups in total. The molecule has 21 heavy (non-hydrogen) atoms. The maximum absolute atomic E-state index is 13.5. The summed E-state index contributed by atoms with van der Waals surface area (Å²) in [5.41, 5.74) is 0.516. The summed E-state index contributed by atoms with van der Waals surface area (Å²) in [4.78, 5) is 23.2. The Balaban J connectivity index is 2.15. The fourth-order valence-electron chi connectivity index (χ4n) is 1.69. The number of aliphatic hydroxyl groups is 1. The number of rotatable bonds is 5. The van der Waals surface area contributed by atoms with Crippen LogP contribution in [-0.2, 0) is 11.2 Å². The highest BCUT2D eigenvalue weighted by atomic mass is 32.1. The average molecular weight is 306 g/mol. The van der Waals surface area contributed by atoms with Crippen LogP contribution in [0.2, 0.25) is 0 Å². The Morgan fingerprint density at radius 2 is 1.86 bits per heavy atom. The van der Waals surface area contributed by atoms with Gasteiger partial charge in [0.1, 0.15) is 5.82 Å². The molecule has 0 aliphatic heterocycles. The van der Waals surface area contributed by atoms with Crippen molar-refractivity contribution in [1.29, 1.82) is 0 Å². The molecule has 0 fully saturated rings. The summed E-state index contributed by atoms with van der Waals surface area (Å²) in [5, 5.41) is 17.5. The van der Waals surface area contributed by atoms with Crippen LogP contribution in [0.5, 0.6) is 0 Å². The van der Waals surface area contributed by atoms with Gasteiger partial charge < -0.3 is 10.2 Å². The van der Waals surface area contributed by atoms with E-state index in [-0.39, 0.29) is 10.7 Å². The van der Waals surface area contributed by atoms with Crippen molar-refractivity contribution in [3.63, 3.8) is 0 Å². The number of hydrogen-bond donors (Lipinski definition) is 2. The molecule has 0 aliphatic carbocycles. The molecule has 0 aliphatic rings. The molecular formula is C15H11FO4S. The number of carbonyl (C=O) groups is 2. The van der Waals surface area contributed by atoms with Crippen molar-refractivity contribution in [2.45, 2.75) is 6.42 Å². The van der Waals surface area contributed by atoms with E-state index in [1.807, 2.05) is 0 Å². The van der Waals surface area contributed by atoms with Gasteiger partial charge in [0, 0.05) is 17.4 Å². The van der Waals surface area contributed by atoms with Crippen molar-refractivity contribution >= 4 is 23.1 Å². The minimum atomic E-state index is -1.56. The highest BCUT2D eigenvalue weighted by Gasteiger charge is 2.12. The van der Waals surface area contributed by atoms with E-state index < -0.39 is 17.5 Å². The molecule has 0 saturated carbocycles. The van der Waals surface area contributed by atoms with Gasteiger partial charge in [-0.25, -0.2) is 9.18 Å². The Kier molecular flexibility index (Phi) is 4.49. The number of halogens is 1. The largest absolute Gasteiger partial charge is 0.502 e. The predicted octanol–water partition coefficient (Wildman–Crippen LogP) is 3.19. The molecule has 0 atom stereocenters. The van der Waals surface area contributed by atoms with Gasteiger partial charge in [0.2, 0.25) is 5.76 Å². The normalized spacial score (nSPS) is 11.4. The van der Waals surface area contributed by atoms with E-state index in [1.165, 1.54) is 12.1 Å². The third-order valence-corrected chi connectivity index (χ3v) is 3.81. The minimum absolute atomic E-state index is 0.286. The molecule has 0 bridgehead atoms. The van der Waals surface area contributed by atoms with Gasteiger partial charge in [-0.3, -0.25) is 4.79 Å². The number of carboxylic acids is 1. The number of thiophene rings is 1. The van der Waals surface area contributed by atoms with E-state index in [2.05, 4.69) is 0 Å². The van der Waals surface area contributed by atoms with E-state index in [0.29, 0.717) is 18.1 Å². The topological polar surface area (TPSA) is 74.6 Å². The average Bonchev–Trinajstić information content (AvgIpc) is 2.90. The van der Waals surface area contributed by atoms with Crippen molar-refractivity contribution in [3.8, 4) is 0 Å². The molecule has 0 spiro atoms. The summed E-state index contributed by atoms with van der Waals surface area (Å²) in [6.07, 6.45) is 1.00. The van der Waals surface area contributed by atoms with Gasteiger partial charge in [-0.15, -0.1) is 11.3 Å². The van der Waals surface area contributed by atoms with Gasteiger partial charge in [-0.05, 0) is 23.8 Å². The number of carbonyl (C=O) groups excluding carboxylic acids is 1. The Morgan fingerprint density at radius 1 is 1.14 bits per heavy atom. The lowest BCUT2D eigenvalue weighted by molar-refractivity contribution is -0.135. The first-order valence-electron chi connectivity index (χ1n) is 5.98. The zero-order valence-electron chi connectivity index (χ0n) is 10.7. The zero-order valence-corrected chi connectivity index (χ0v) is 11.6. The number of carboxylic acid groups (broad SMARTS) is 1. The molecule has 0 amide bonds. The third-order valence-electron chi connectivity index (χ3n) is 2.71. The van der Waals surface area contributed by atoms with Gasteiger partial charge >= 0.3 is 5.97 Å². The van der Waals surface area contributed by atoms with Crippen molar-refractivity contribution in [1.82, 2.24) is 0 Å². The van der Waals surface area contributed by atoms with Crippen molar-refractivity contribution in [3.05, 3.63) is 69.4 Å². The van der Waals surface area contributed by atoms with Crippen LogP contribution in [0, 0.1) is 5.82 Å². The van der Waals surface area contributed by atoms with Gasteiger partial charge in [-0.2, -0.15) is 0 Å². The maximum Gasteiger partial charge on any atom is 0.371 e. The number of benzene rings is 1. The molecule has 1 heterocycles. The van der Waals surface area contributed by atoms with E-state index in [9.17, 15) is 14.0 Å². The lowest BCUT2D eigenvalue weighted by Crippen LogP contribution is -2.02. The molecule has 1 aromatic carbocycles. The molecule has 2 rings (SSSR count). The van der Waals surface area contributed by atoms with Crippen molar-refractivity contribution < 1.29 is 24.2 Å². The Bertz CT molecular complexity index is 718. The molecule has 0 radical (unpaired) electrons. The van der Waals surface area contributed by atoms with E-state index in [0.717, 1.165) is 16.2 Å². The first-order chi connectivity index (χ1) is 9.97. The number of ketones is 1. The number of allylic oxidation sites excluding steroid dienone is 1. The van der Waals surface area contributed by atoms with Gasteiger partial charge in [0.15, 0.2) is 5.78 Å². The van der Waals surface area contributed by atoms with Gasteiger partial charge in [0.05, 0.1) is 4.88 Å². The standard InChI is InChI=1S/C15H11FO4S/c16-11-4-2-1-3-9(11)7-10-5-6-14(21-10)12(17)8-13(18)15(19)20/h1-6,8,18H,7H2,(H,19,20). The first kappa shape index (κ1) is 14.9. The Morgan fingerprint density at radius 3 is 2.52 bits per heavy atom. The summed E-state index contributed by atoms with van der Waals surface area (Å²) in [6, 6.07) is 9.55. The summed E-state index contributed by atoms with van der Waals surface area (Å²) < 4.78 is 13.5. The summed E-state index contributed by atoms with van der Waals surface area (Å²) >= 11 is 1.13. The Labute approximate surface area is 123 Å². The van der Waals surface area contributed by atoms with Crippen LogP contribution in [0.25, 0.3) is 0 Å². The fraction of sp³-hybridized carbons (Fsp3) is 0.0667. The van der Waals surface area contributed by atoms with E-state index >= 15 is 0 Å². The lowest BCUT2D eigenvalue weighted by Gasteiger charge is -1.99. The highest BCUT2D eigenvalue weighted by Crippen LogP contribution is 2.22. The minimum Gasteiger partial charge on any atom is -0.502 e. The lowest BCUT2D eigenvalue weighted by atomic mass is 10.1. The fourth-order valence-corrected chi connectivity index (χ4v) is 2.63. The second-order valence-electron chi connectivity index (χ2n) is 4.23. The molecular weight excluding hydrogens is 295 g/mol. The maximum atomic E-state index is 13.5. The Hall–Kier alpha value is -2.47. The van der Waals surface area contributed by atoms with Crippen LogP contribution >= 0.6 is 11.3 Å². The van der Waals surface area contributed by atoms with Crippen LogP contribution in [0.15, 0.2) is 48.2 Å². The van der Waals surface area contributed by atoms with Crippen LogP contribution in [0.1, 0.15) is 20.1 Å². The van der Waals surface area contributed by atoms with Crippen LogP contribution in [-0.4, -0.2) is 22.0 Å². The molecule has 108 valence electrons. The number of aliphatic hydroxyl groups excluding tert-OH is 1. The van der Waals surface area contributed by atoms with Crippen LogP contribution in [0.4, 0.5) is 4.39 Å². The zero-order chi connectivity index (χ0) is 15.4. The van der Waals surface area contributed by atoms with Gasteiger partial charge in [-0.1, -0.05) is 18.2 Å². The van der Waals surface area contributed by atoms with E-state index in [1.54, 1.807) is 24.3 Å². The molecule has 0 unspecified atom stereocenters. The molecule has 1 aromatic heterocycles. The van der Waals surface area contributed by atoms with Crippen molar-refractivity contribution in [2.24, 2.45) is 0 Å². The quantitative estimate of drug-likeness (QED) is 0.505. The molecule has 0 saturated heterocycles. The second-order valence-corrected chi connectivity index (χ2v) is 5.40. The third kappa shape index (κ3) is 3.76. The highest BCUT2D eigenvalue weighted by molar-refractivity contribution is 7.14. The smallest absolute Gasteiger partial charge is 0.371 e. The predicted molar refractivity (Wildman–Crippen MR) is 76.2 cm³/mol. The summed E-state index contributed by atoms with van der Waals surface area (Å²) in [7, 11) is 0. The molecule has 6 heteroatoms. The molecule has 2 aromatic rings. The molecule has 4 nitrogen and oxygen atoms in total. The summed E-state index contributed by atoms with van der Waals surface area (Å²) in [6.45, 7) is 0. The van der Waals surface area contributed by atoms with E-state index in [4.69, 9.17) is 10.2 Å². The van der Waals surface area contributed by atoms with Crippen LogP contribution < -0.4 is 0 Å². The summed E-state index contributed by atoms with van der Waals surface area (Å²) in [5.74, 6) is -3.49. The second kappa shape index (κ2) is 6.32. The van der Waals surface area contributed by atoms with Crippen LogP contribution in [0.3, 0.4) is 0 Å². The monoisotopic (exact) mass is 306 g/mol. The first-order valence-corrected chi connectivity index (χ1v) is 6.79. The number of aliphatic carboxylic acids is 1. The van der Waals surface area contributed by atoms with Gasteiger partial charge in [0.25, 0.3) is 0 Å².